The Morgan fingerprint density at radius 2 is 1.78 bits per heavy atom. The highest BCUT2D eigenvalue weighted by Gasteiger charge is 2.35. The van der Waals surface area contributed by atoms with E-state index in [-0.39, 0.29) is 11.5 Å². The summed E-state index contributed by atoms with van der Waals surface area (Å²) in [5, 5.41) is 0.677. The summed E-state index contributed by atoms with van der Waals surface area (Å²) in [7, 11) is 1.60. The summed E-state index contributed by atoms with van der Waals surface area (Å²) in [6.45, 7) is 10.9. The van der Waals surface area contributed by atoms with Crippen LogP contribution in [0.4, 0.5) is 0 Å². The van der Waals surface area contributed by atoms with Crippen LogP contribution in [0.2, 0.25) is 5.02 Å². The van der Waals surface area contributed by atoms with Crippen LogP contribution in [0, 0.1) is 13.8 Å². The smallest absolute Gasteiger partial charge is 0.271 e. The molecule has 0 unspecified atom stereocenters. The summed E-state index contributed by atoms with van der Waals surface area (Å²) in [5.41, 5.74) is 5.61. The van der Waals surface area contributed by atoms with Gasteiger partial charge in [0.25, 0.3) is 11.5 Å². The fraction of sp³-hybridized carbons (Fsp3) is 0.281. The maximum absolute atomic E-state index is 14.2. The number of ether oxygens (including phenoxy) is 1. The van der Waals surface area contributed by atoms with Gasteiger partial charge in [-0.05, 0) is 82.7 Å². The third kappa shape index (κ3) is 5.06. The van der Waals surface area contributed by atoms with E-state index in [9.17, 15) is 9.59 Å². The van der Waals surface area contributed by atoms with Gasteiger partial charge in [-0.1, -0.05) is 41.1 Å². The number of likely N-dealkylation sites (N-methyl/N-ethyl adjacent to an activating group) is 1. The number of nitrogens with zero attached hydrogens (tertiary/aromatic N) is 4. The summed E-state index contributed by atoms with van der Waals surface area (Å²) in [5.74, 6) is 0.478. The minimum Gasteiger partial charge on any atom is -0.496 e. The number of rotatable bonds is 7. The van der Waals surface area contributed by atoms with E-state index in [1.54, 1.807) is 16.6 Å². The number of allylic oxidation sites excluding steroid dienone is 1. The third-order valence-corrected chi connectivity index (χ3v) is 8.81. The number of fused-ring (bicyclic) bond motifs is 1. The van der Waals surface area contributed by atoms with Gasteiger partial charge in [-0.2, -0.15) is 0 Å². The van der Waals surface area contributed by atoms with Crippen LogP contribution in [0.15, 0.2) is 75.7 Å². The molecule has 0 bridgehead atoms. The average Bonchev–Trinajstić information content (AvgIpc) is 3.42. The Bertz CT molecular complexity index is 1840. The Kier molecular flexibility index (Phi) is 8.07. The quantitative estimate of drug-likeness (QED) is 0.299. The lowest BCUT2D eigenvalue weighted by Gasteiger charge is -2.29. The lowest BCUT2D eigenvalue weighted by atomic mass is 9.94. The van der Waals surface area contributed by atoms with Crippen molar-refractivity contribution < 1.29 is 9.53 Å². The van der Waals surface area contributed by atoms with Gasteiger partial charge >= 0.3 is 0 Å². The number of thiazole rings is 1. The van der Waals surface area contributed by atoms with E-state index >= 15 is 0 Å². The Labute approximate surface area is 248 Å². The summed E-state index contributed by atoms with van der Waals surface area (Å²) in [4.78, 5) is 35.1. The molecule has 0 fully saturated rings. The number of aromatic nitrogens is 2. The van der Waals surface area contributed by atoms with Gasteiger partial charge in [0.2, 0.25) is 0 Å². The fourth-order valence-electron chi connectivity index (χ4n) is 5.53. The van der Waals surface area contributed by atoms with Gasteiger partial charge in [0.15, 0.2) is 4.80 Å². The first-order valence-corrected chi connectivity index (χ1v) is 14.8. The number of benzene rings is 2. The molecular weight excluding hydrogens is 556 g/mol. The zero-order valence-electron chi connectivity index (χ0n) is 24.1. The van der Waals surface area contributed by atoms with Crippen molar-refractivity contribution in [1.29, 1.82) is 0 Å². The van der Waals surface area contributed by atoms with Crippen LogP contribution in [-0.2, 0) is 4.79 Å². The van der Waals surface area contributed by atoms with Gasteiger partial charge in [-0.15, -0.1) is 0 Å². The minimum absolute atomic E-state index is 0.132. The normalized spacial score (nSPS) is 15.1. The van der Waals surface area contributed by atoms with Crippen LogP contribution < -0.4 is 19.6 Å². The molecule has 0 N–H and O–H groups in total. The van der Waals surface area contributed by atoms with Crippen LogP contribution in [0.3, 0.4) is 0 Å². The number of hydrogen-bond donors (Lipinski definition) is 0. The molecule has 1 atom stereocenters. The van der Waals surface area contributed by atoms with E-state index in [4.69, 9.17) is 21.3 Å². The zero-order chi connectivity index (χ0) is 29.4. The van der Waals surface area contributed by atoms with Crippen LogP contribution in [0.25, 0.3) is 11.8 Å². The molecule has 1 aliphatic rings. The second-order valence-corrected chi connectivity index (χ2v) is 11.4. The van der Waals surface area contributed by atoms with E-state index in [0.717, 1.165) is 28.2 Å². The molecule has 0 aliphatic carbocycles. The van der Waals surface area contributed by atoms with Crippen molar-refractivity contribution in [2.24, 2.45) is 4.99 Å². The number of para-hydroxylation sites is 1. The molecule has 0 saturated heterocycles. The van der Waals surface area contributed by atoms with Crippen molar-refractivity contribution >= 4 is 34.9 Å². The number of amides is 1. The molecule has 4 aromatic rings. The maximum Gasteiger partial charge on any atom is 0.271 e. The topological polar surface area (TPSA) is 68.8 Å². The second-order valence-electron chi connectivity index (χ2n) is 9.94. The minimum atomic E-state index is -0.667. The van der Waals surface area contributed by atoms with Crippen molar-refractivity contribution in [2.45, 2.75) is 40.7 Å². The van der Waals surface area contributed by atoms with E-state index in [0.29, 0.717) is 44.5 Å². The first-order valence-electron chi connectivity index (χ1n) is 13.6. The highest BCUT2D eigenvalue weighted by Crippen LogP contribution is 2.36. The SMILES string of the molecule is CCN(CC)C(=O)C1=C(C)N=c2s/c(=C/c3cc(C)n(-c4ccc(Cl)cc4)c3C)c(=O)n2[C@@H]1c1ccccc1OC. The predicted octanol–water partition coefficient (Wildman–Crippen LogP) is 5.17. The number of aryl methyl sites for hydroxylation is 1. The first kappa shape index (κ1) is 28.6. The van der Waals surface area contributed by atoms with E-state index in [1.165, 1.54) is 11.3 Å². The van der Waals surface area contributed by atoms with E-state index < -0.39 is 6.04 Å². The fourth-order valence-corrected chi connectivity index (χ4v) is 6.69. The monoisotopic (exact) mass is 588 g/mol. The van der Waals surface area contributed by atoms with Gasteiger partial charge in [0.05, 0.1) is 22.9 Å². The highest BCUT2D eigenvalue weighted by molar-refractivity contribution is 7.07. The molecule has 41 heavy (non-hydrogen) atoms. The van der Waals surface area contributed by atoms with Gasteiger partial charge in [-0.25, -0.2) is 4.99 Å². The third-order valence-electron chi connectivity index (χ3n) is 7.58. The summed E-state index contributed by atoms with van der Waals surface area (Å²) in [6.07, 6.45) is 1.92. The molecule has 0 saturated carbocycles. The zero-order valence-corrected chi connectivity index (χ0v) is 25.6. The van der Waals surface area contributed by atoms with Gasteiger partial charge < -0.3 is 14.2 Å². The van der Waals surface area contributed by atoms with Crippen molar-refractivity contribution in [2.75, 3.05) is 20.2 Å². The van der Waals surface area contributed by atoms with Gasteiger partial charge in [0.1, 0.15) is 11.8 Å². The molecule has 7 nitrogen and oxygen atoms in total. The van der Waals surface area contributed by atoms with Crippen molar-refractivity contribution in [3.63, 3.8) is 0 Å². The molecular formula is C32H33ClN4O3S. The van der Waals surface area contributed by atoms with Crippen molar-refractivity contribution in [1.82, 2.24) is 14.0 Å². The Morgan fingerprint density at radius 3 is 2.44 bits per heavy atom. The summed E-state index contributed by atoms with van der Waals surface area (Å²) < 4.78 is 10.0. The molecule has 0 radical (unpaired) electrons. The van der Waals surface area contributed by atoms with Crippen LogP contribution >= 0.6 is 22.9 Å². The van der Waals surface area contributed by atoms with Gasteiger partial charge in [0, 0.05) is 40.8 Å². The molecule has 212 valence electrons. The molecule has 1 amide bonds. The predicted molar refractivity (Wildman–Crippen MR) is 165 cm³/mol. The highest BCUT2D eigenvalue weighted by atomic mass is 35.5. The average molecular weight is 589 g/mol. The van der Waals surface area contributed by atoms with E-state index in [1.807, 2.05) is 89.2 Å². The summed E-state index contributed by atoms with van der Waals surface area (Å²) >= 11 is 7.44. The first-order chi connectivity index (χ1) is 19.7. The van der Waals surface area contributed by atoms with Crippen LogP contribution in [-0.4, -0.2) is 40.1 Å². The number of hydrogen-bond acceptors (Lipinski definition) is 5. The lowest BCUT2D eigenvalue weighted by molar-refractivity contribution is -0.127. The number of halogens is 1. The van der Waals surface area contributed by atoms with Crippen LogP contribution in [0.5, 0.6) is 5.75 Å². The summed E-state index contributed by atoms with van der Waals surface area (Å²) in [6, 6.07) is 16.6. The second kappa shape index (κ2) is 11.5. The molecule has 1 aliphatic heterocycles. The van der Waals surface area contributed by atoms with Crippen LogP contribution in [0.1, 0.15) is 49.3 Å². The maximum atomic E-state index is 14.2. The molecule has 2 aromatic carbocycles. The van der Waals surface area contributed by atoms with E-state index in [2.05, 4.69) is 10.6 Å². The lowest BCUT2D eigenvalue weighted by Crippen LogP contribution is -2.43. The molecule has 2 aromatic heterocycles. The Balaban J connectivity index is 1.72. The largest absolute Gasteiger partial charge is 0.496 e. The number of carbonyl (C=O) groups excluding carboxylic acids is 1. The van der Waals surface area contributed by atoms with Crippen molar-refractivity contribution in [3.8, 4) is 11.4 Å². The van der Waals surface area contributed by atoms with Crippen molar-refractivity contribution in [3.05, 3.63) is 113 Å². The molecule has 5 rings (SSSR count). The molecule has 9 heteroatoms. The van der Waals surface area contributed by atoms with Gasteiger partial charge in [-0.3, -0.25) is 14.2 Å². The Hall–Kier alpha value is -3.88. The standard InChI is InChI=1S/C32H33ClN4O3S/c1-7-35(8-2)31(39)28-20(4)34-32-37(29(28)25-11-9-10-12-26(25)40-6)30(38)27(41-32)18-22-17-19(3)36(21(22)5)24-15-13-23(33)14-16-24/h9-18,29H,7-8H2,1-6H3/b27-18+/t29-/m1/s1. The number of carbonyl (C=O) groups is 1. The Morgan fingerprint density at radius 1 is 1.10 bits per heavy atom. The number of methoxy groups -OCH3 is 1. The molecule has 0 spiro atoms. The molecule has 3 heterocycles.